The first-order chi connectivity index (χ1) is 15.5. The molecule has 0 saturated heterocycles. The fraction of sp³-hybridized carbons (Fsp3) is 0.190. The van der Waals surface area contributed by atoms with E-state index in [-0.39, 0.29) is 11.8 Å². The summed E-state index contributed by atoms with van der Waals surface area (Å²) in [7, 11) is 5.87. The molecule has 3 aromatic rings. The molecule has 0 fully saturated rings. The molecule has 0 spiro atoms. The molecule has 1 aromatic heterocycles. The number of nitrogens with zero attached hydrogens (tertiary/aromatic N) is 2. The van der Waals surface area contributed by atoms with Crippen molar-refractivity contribution in [1.29, 1.82) is 0 Å². The third-order valence-corrected chi connectivity index (χ3v) is 4.69. The first kappa shape index (κ1) is 22.9. The maximum atomic E-state index is 11.6. The second-order valence-electron chi connectivity index (χ2n) is 6.10. The van der Waals surface area contributed by atoms with E-state index in [1.54, 1.807) is 42.6 Å². The van der Waals surface area contributed by atoms with Gasteiger partial charge in [-0.15, -0.1) is 0 Å². The number of amides is 1. The zero-order valence-electron chi connectivity index (χ0n) is 17.8. The predicted molar refractivity (Wildman–Crippen MR) is 122 cm³/mol. The van der Waals surface area contributed by atoms with E-state index in [1.807, 2.05) is 0 Å². The molecule has 11 heteroatoms. The zero-order chi connectivity index (χ0) is 23.1. The quantitative estimate of drug-likeness (QED) is 0.438. The van der Waals surface area contributed by atoms with Gasteiger partial charge >= 0.3 is 6.09 Å². The molecule has 0 aliphatic carbocycles. The van der Waals surface area contributed by atoms with Crippen molar-refractivity contribution < 1.29 is 28.5 Å². The van der Waals surface area contributed by atoms with Crippen molar-refractivity contribution in [3.8, 4) is 28.9 Å². The number of carbonyl (C=O) groups is 1. The molecule has 168 valence electrons. The number of halogens is 1. The molecule has 0 aliphatic rings. The molecule has 1 heterocycles. The normalized spacial score (nSPS) is 10.2. The third-order valence-electron chi connectivity index (χ3n) is 4.15. The molecule has 0 atom stereocenters. The van der Waals surface area contributed by atoms with Crippen LogP contribution in [-0.2, 0) is 4.74 Å². The van der Waals surface area contributed by atoms with E-state index in [0.717, 1.165) is 0 Å². The molecule has 3 rings (SSSR count). The molecule has 10 nitrogen and oxygen atoms in total. The highest BCUT2D eigenvalue weighted by Crippen LogP contribution is 2.40. The van der Waals surface area contributed by atoms with Crippen molar-refractivity contribution in [3.05, 3.63) is 47.1 Å². The van der Waals surface area contributed by atoms with Gasteiger partial charge in [-0.1, -0.05) is 12.1 Å². The van der Waals surface area contributed by atoms with E-state index in [9.17, 15) is 4.79 Å². The van der Waals surface area contributed by atoms with Crippen LogP contribution in [0.3, 0.4) is 0 Å². The minimum absolute atomic E-state index is 0.231. The number of nitrogens with one attached hydrogen (secondary N) is 2. The summed E-state index contributed by atoms with van der Waals surface area (Å²) in [5.74, 6) is 2.29. The van der Waals surface area contributed by atoms with E-state index in [0.29, 0.717) is 38.8 Å². The molecular weight excluding hydrogens is 484 g/mol. The topological polar surface area (TPSA) is 113 Å². The van der Waals surface area contributed by atoms with E-state index in [1.165, 1.54) is 28.4 Å². The van der Waals surface area contributed by atoms with Crippen molar-refractivity contribution in [2.45, 2.75) is 0 Å². The largest absolute Gasteiger partial charge is 0.493 e. The standard InChI is InChI=1S/C21H21BrN4O6/c1-28-16-9-12(10-17(29-2)18(16)30-3)24-20-23-11-13(22)19(26-20)32-15-8-6-5-7-14(15)25-21(27)31-4/h5-11H,1-4H3,(H,25,27)(H,23,24,26). The summed E-state index contributed by atoms with van der Waals surface area (Å²) in [5.41, 5.74) is 1.03. The van der Waals surface area contributed by atoms with E-state index in [2.05, 4.69) is 41.3 Å². The number of hydrogen-bond donors (Lipinski definition) is 2. The Bertz CT molecular complexity index is 1090. The van der Waals surface area contributed by atoms with Gasteiger partial charge in [0.15, 0.2) is 17.2 Å². The van der Waals surface area contributed by atoms with Crippen LogP contribution in [0.25, 0.3) is 0 Å². The van der Waals surface area contributed by atoms with Crippen LogP contribution in [0.2, 0.25) is 0 Å². The monoisotopic (exact) mass is 504 g/mol. The van der Waals surface area contributed by atoms with Gasteiger partial charge in [-0.2, -0.15) is 4.98 Å². The smallest absolute Gasteiger partial charge is 0.411 e. The summed E-state index contributed by atoms with van der Waals surface area (Å²) in [6, 6.07) is 10.3. The highest BCUT2D eigenvalue weighted by atomic mass is 79.9. The van der Waals surface area contributed by atoms with Gasteiger partial charge in [0.1, 0.15) is 0 Å². The molecule has 0 bridgehead atoms. The van der Waals surface area contributed by atoms with Crippen LogP contribution in [-0.4, -0.2) is 44.5 Å². The molecule has 2 N–H and O–H groups in total. The molecule has 2 aromatic carbocycles. The lowest BCUT2D eigenvalue weighted by Gasteiger charge is -2.15. The average Bonchev–Trinajstić information content (AvgIpc) is 2.81. The maximum absolute atomic E-state index is 11.6. The second kappa shape index (κ2) is 10.5. The van der Waals surface area contributed by atoms with Gasteiger partial charge in [-0.3, -0.25) is 5.32 Å². The van der Waals surface area contributed by atoms with Crippen molar-refractivity contribution in [2.75, 3.05) is 39.1 Å². The number of carbonyl (C=O) groups excluding carboxylic acids is 1. The van der Waals surface area contributed by atoms with Gasteiger partial charge < -0.3 is 29.0 Å². The van der Waals surface area contributed by atoms with Gasteiger partial charge in [0.25, 0.3) is 0 Å². The first-order valence-corrected chi connectivity index (χ1v) is 9.99. The van der Waals surface area contributed by atoms with E-state index < -0.39 is 6.09 Å². The molecule has 0 saturated carbocycles. The third kappa shape index (κ3) is 5.30. The number of benzene rings is 2. The van der Waals surface area contributed by atoms with Crippen molar-refractivity contribution >= 4 is 39.3 Å². The Kier molecular flexibility index (Phi) is 7.55. The maximum Gasteiger partial charge on any atom is 0.411 e. The van der Waals surface area contributed by atoms with Crippen LogP contribution in [0.15, 0.2) is 47.1 Å². The minimum atomic E-state index is -0.618. The Morgan fingerprint density at radius 2 is 1.66 bits per heavy atom. The first-order valence-electron chi connectivity index (χ1n) is 9.20. The lowest BCUT2D eigenvalue weighted by molar-refractivity contribution is 0.187. The van der Waals surface area contributed by atoms with Gasteiger partial charge in [0.05, 0.1) is 44.8 Å². The van der Waals surface area contributed by atoms with Crippen LogP contribution in [0, 0.1) is 0 Å². The Balaban J connectivity index is 1.89. The average molecular weight is 505 g/mol. The minimum Gasteiger partial charge on any atom is -0.493 e. The second-order valence-corrected chi connectivity index (χ2v) is 6.95. The van der Waals surface area contributed by atoms with Crippen LogP contribution >= 0.6 is 15.9 Å². The molecule has 1 amide bonds. The van der Waals surface area contributed by atoms with Crippen LogP contribution in [0.1, 0.15) is 0 Å². The highest BCUT2D eigenvalue weighted by Gasteiger charge is 2.16. The van der Waals surface area contributed by atoms with Gasteiger partial charge in [-0.05, 0) is 28.1 Å². The fourth-order valence-corrected chi connectivity index (χ4v) is 2.96. The number of aromatic nitrogens is 2. The summed E-state index contributed by atoms with van der Waals surface area (Å²) >= 11 is 3.38. The number of ether oxygens (including phenoxy) is 5. The van der Waals surface area contributed by atoms with Crippen molar-refractivity contribution in [2.24, 2.45) is 0 Å². The lowest BCUT2D eigenvalue weighted by atomic mass is 10.2. The Hall–Kier alpha value is -3.73. The van der Waals surface area contributed by atoms with Crippen LogP contribution < -0.4 is 29.6 Å². The zero-order valence-corrected chi connectivity index (χ0v) is 19.3. The predicted octanol–water partition coefficient (Wildman–Crippen LogP) is 4.98. The molecule has 0 unspecified atom stereocenters. The summed E-state index contributed by atoms with van der Waals surface area (Å²) in [6.45, 7) is 0. The highest BCUT2D eigenvalue weighted by molar-refractivity contribution is 9.10. The van der Waals surface area contributed by atoms with Crippen molar-refractivity contribution in [1.82, 2.24) is 9.97 Å². The lowest BCUT2D eigenvalue weighted by Crippen LogP contribution is -2.11. The number of hydrogen-bond acceptors (Lipinski definition) is 9. The Morgan fingerprint density at radius 3 is 2.28 bits per heavy atom. The van der Waals surface area contributed by atoms with Gasteiger partial charge in [0.2, 0.25) is 17.6 Å². The molecular formula is C21H21BrN4O6. The Labute approximate surface area is 193 Å². The number of anilines is 3. The summed E-state index contributed by atoms with van der Waals surface area (Å²) < 4.78 is 27.1. The molecule has 0 aliphatic heterocycles. The molecule has 0 radical (unpaired) electrons. The summed E-state index contributed by atoms with van der Waals surface area (Å²) in [5, 5.41) is 5.68. The Morgan fingerprint density at radius 1 is 0.969 bits per heavy atom. The number of methoxy groups -OCH3 is 4. The number of rotatable bonds is 8. The summed E-state index contributed by atoms with van der Waals surface area (Å²) in [4.78, 5) is 20.3. The number of para-hydroxylation sites is 2. The van der Waals surface area contributed by atoms with E-state index in [4.69, 9.17) is 18.9 Å². The van der Waals surface area contributed by atoms with Gasteiger partial charge in [0, 0.05) is 17.8 Å². The van der Waals surface area contributed by atoms with Crippen LogP contribution in [0.5, 0.6) is 28.9 Å². The fourth-order valence-electron chi connectivity index (χ4n) is 2.69. The summed E-state index contributed by atoms with van der Waals surface area (Å²) in [6.07, 6.45) is 0.923. The van der Waals surface area contributed by atoms with E-state index >= 15 is 0 Å². The SMILES string of the molecule is COC(=O)Nc1ccccc1Oc1nc(Nc2cc(OC)c(OC)c(OC)c2)ncc1Br. The van der Waals surface area contributed by atoms with Crippen LogP contribution in [0.4, 0.5) is 22.1 Å². The van der Waals surface area contributed by atoms with Crippen molar-refractivity contribution in [3.63, 3.8) is 0 Å². The van der Waals surface area contributed by atoms with Gasteiger partial charge in [-0.25, -0.2) is 9.78 Å². The molecule has 32 heavy (non-hydrogen) atoms.